The van der Waals surface area contributed by atoms with Crippen molar-refractivity contribution in [3.8, 4) is 0 Å². The molecule has 0 aromatic heterocycles. The SMILES string of the molecule is N=C(N)c1ccc(C(=O)CBr)cc1. The van der Waals surface area contributed by atoms with Gasteiger partial charge >= 0.3 is 0 Å². The first-order chi connectivity index (χ1) is 6.15. The maximum absolute atomic E-state index is 11.2. The standard InChI is InChI=1S/C9H9BrN2O/c10-5-8(13)6-1-3-7(4-2-6)9(11)12/h1-4H,5H2,(H3,11,12). The molecule has 3 nitrogen and oxygen atoms in total. The maximum Gasteiger partial charge on any atom is 0.173 e. The first kappa shape index (κ1) is 9.92. The number of nitrogen functional groups attached to an aromatic ring is 1. The van der Waals surface area contributed by atoms with Gasteiger partial charge in [-0.15, -0.1) is 0 Å². The van der Waals surface area contributed by atoms with E-state index in [1.54, 1.807) is 24.3 Å². The summed E-state index contributed by atoms with van der Waals surface area (Å²) < 4.78 is 0. The normalized spacial score (nSPS) is 9.62. The molecule has 0 aliphatic heterocycles. The van der Waals surface area contributed by atoms with E-state index in [1.165, 1.54) is 0 Å². The molecule has 0 unspecified atom stereocenters. The first-order valence-corrected chi connectivity index (χ1v) is 4.81. The van der Waals surface area contributed by atoms with Crippen molar-refractivity contribution in [2.24, 2.45) is 5.73 Å². The van der Waals surface area contributed by atoms with E-state index in [0.29, 0.717) is 16.5 Å². The fourth-order valence-corrected chi connectivity index (χ4v) is 1.24. The van der Waals surface area contributed by atoms with Gasteiger partial charge in [-0.3, -0.25) is 10.2 Å². The van der Waals surface area contributed by atoms with Gasteiger partial charge in [0, 0.05) is 11.1 Å². The molecule has 0 saturated heterocycles. The fourth-order valence-electron chi connectivity index (χ4n) is 0.913. The van der Waals surface area contributed by atoms with Crippen LogP contribution >= 0.6 is 15.9 Å². The summed E-state index contributed by atoms with van der Waals surface area (Å²) in [7, 11) is 0. The Morgan fingerprint density at radius 2 is 1.77 bits per heavy atom. The molecular weight excluding hydrogens is 232 g/mol. The van der Waals surface area contributed by atoms with Crippen LogP contribution in [0.3, 0.4) is 0 Å². The quantitative estimate of drug-likeness (QED) is 0.365. The number of nitrogens with two attached hydrogens (primary N) is 1. The lowest BCUT2D eigenvalue weighted by Gasteiger charge is -1.99. The molecule has 0 heterocycles. The van der Waals surface area contributed by atoms with E-state index < -0.39 is 0 Å². The number of alkyl halides is 1. The lowest BCUT2D eigenvalue weighted by atomic mass is 10.1. The van der Waals surface area contributed by atoms with Crippen LogP contribution in [0.15, 0.2) is 24.3 Å². The van der Waals surface area contributed by atoms with Crippen LogP contribution in [0.2, 0.25) is 0 Å². The molecule has 0 radical (unpaired) electrons. The van der Waals surface area contributed by atoms with Gasteiger partial charge in [-0.05, 0) is 0 Å². The summed E-state index contributed by atoms with van der Waals surface area (Å²) in [6.45, 7) is 0. The number of benzene rings is 1. The number of nitrogens with one attached hydrogen (secondary N) is 1. The molecule has 0 atom stereocenters. The Labute approximate surface area is 84.6 Å². The molecule has 0 bridgehead atoms. The molecule has 1 rings (SSSR count). The van der Waals surface area contributed by atoms with E-state index in [9.17, 15) is 4.79 Å². The Hall–Kier alpha value is -1.16. The highest BCUT2D eigenvalue weighted by atomic mass is 79.9. The Morgan fingerprint density at radius 1 is 1.31 bits per heavy atom. The van der Waals surface area contributed by atoms with Crippen LogP contribution < -0.4 is 5.73 Å². The summed E-state index contributed by atoms with van der Waals surface area (Å²) in [6, 6.07) is 6.66. The summed E-state index contributed by atoms with van der Waals surface area (Å²) in [4.78, 5) is 11.2. The number of amidine groups is 1. The maximum atomic E-state index is 11.2. The smallest absolute Gasteiger partial charge is 0.173 e. The summed E-state index contributed by atoms with van der Waals surface area (Å²) >= 11 is 3.08. The molecule has 0 fully saturated rings. The van der Waals surface area contributed by atoms with Crippen LogP contribution in [-0.2, 0) is 0 Å². The number of rotatable bonds is 3. The highest BCUT2D eigenvalue weighted by molar-refractivity contribution is 9.09. The number of carbonyl (C=O) groups excluding carboxylic acids is 1. The molecule has 3 N–H and O–H groups in total. The molecule has 68 valence electrons. The average Bonchev–Trinajstić information content (AvgIpc) is 2.17. The minimum Gasteiger partial charge on any atom is -0.384 e. The van der Waals surface area contributed by atoms with E-state index in [1.807, 2.05) is 0 Å². The Bertz CT molecular complexity index is 332. The molecule has 0 spiro atoms. The van der Waals surface area contributed by atoms with Crippen molar-refractivity contribution >= 4 is 27.5 Å². The zero-order valence-corrected chi connectivity index (χ0v) is 8.47. The second-order valence-corrected chi connectivity index (χ2v) is 3.11. The molecular formula is C9H9BrN2O. The second kappa shape index (κ2) is 4.18. The van der Waals surface area contributed by atoms with Crippen LogP contribution in [0.4, 0.5) is 0 Å². The van der Waals surface area contributed by atoms with Gasteiger partial charge in [0.05, 0.1) is 5.33 Å². The van der Waals surface area contributed by atoms with Gasteiger partial charge in [-0.25, -0.2) is 0 Å². The van der Waals surface area contributed by atoms with E-state index in [-0.39, 0.29) is 11.6 Å². The highest BCUT2D eigenvalue weighted by Crippen LogP contribution is 2.05. The molecule has 0 amide bonds. The number of ketones is 1. The molecule has 13 heavy (non-hydrogen) atoms. The van der Waals surface area contributed by atoms with Crippen molar-refractivity contribution < 1.29 is 4.79 Å². The van der Waals surface area contributed by atoms with Crippen molar-refractivity contribution in [1.82, 2.24) is 0 Å². The summed E-state index contributed by atoms with van der Waals surface area (Å²) in [5.74, 6) is 0.0351. The lowest BCUT2D eigenvalue weighted by molar-refractivity contribution is 0.102. The monoisotopic (exact) mass is 240 g/mol. The number of carbonyl (C=O) groups is 1. The van der Waals surface area contributed by atoms with Gasteiger partial charge in [-0.1, -0.05) is 40.2 Å². The first-order valence-electron chi connectivity index (χ1n) is 3.68. The Kier molecular flexibility index (Phi) is 3.19. The molecule has 1 aromatic rings. The van der Waals surface area contributed by atoms with Crippen LogP contribution in [0, 0.1) is 5.41 Å². The van der Waals surface area contributed by atoms with Gasteiger partial charge < -0.3 is 5.73 Å². The molecule has 4 heteroatoms. The summed E-state index contributed by atoms with van der Waals surface area (Å²) in [5.41, 5.74) is 6.52. The Morgan fingerprint density at radius 3 is 2.15 bits per heavy atom. The van der Waals surface area contributed by atoms with Crippen molar-refractivity contribution in [3.63, 3.8) is 0 Å². The van der Waals surface area contributed by atoms with Gasteiger partial charge in [0.1, 0.15) is 5.84 Å². The van der Waals surface area contributed by atoms with Gasteiger partial charge in [0.2, 0.25) is 0 Å². The van der Waals surface area contributed by atoms with Crippen molar-refractivity contribution in [3.05, 3.63) is 35.4 Å². The van der Waals surface area contributed by atoms with Crippen LogP contribution in [-0.4, -0.2) is 16.9 Å². The Balaban J connectivity index is 2.93. The van der Waals surface area contributed by atoms with Crippen LogP contribution in [0.5, 0.6) is 0 Å². The van der Waals surface area contributed by atoms with Crippen molar-refractivity contribution in [2.45, 2.75) is 0 Å². The molecule has 0 aliphatic carbocycles. The second-order valence-electron chi connectivity index (χ2n) is 2.55. The van der Waals surface area contributed by atoms with E-state index in [2.05, 4.69) is 15.9 Å². The van der Waals surface area contributed by atoms with E-state index in [4.69, 9.17) is 11.1 Å². The van der Waals surface area contributed by atoms with Crippen molar-refractivity contribution in [1.29, 1.82) is 5.41 Å². The topological polar surface area (TPSA) is 66.9 Å². The number of Topliss-reactive ketones (excluding diaryl/α,β-unsaturated/α-hetero) is 1. The molecule has 0 saturated carbocycles. The fraction of sp³-hybridized carbons (Fsp3) is 0.111. The van der Waals surface area contributed by atoms with E-state index in [0.717, 1.165) is 0 Å². The third kappa shape index (κ3) is 2.39. The van der Waals surface area contributed by atoms with Gasteiger partial charge in [-0.2, -0.15) is 0 Å². The zero-order chi connectivity index (χ0) is 9.84. The zero-order valence-electron chi connectivity index (χ0n) is 6.88. The lowest BCUT2D eigenvalue weighted by Crippen LogP contribution is -2.11. The van der Waals surface area contributed by atoms with Crippen LogP contribution in [0.25, 0.3) is 0 Å². The average molecular weight is 241 g/mol. The molecule has 1 aromatic carbocycles. The minimum absolute atomic E-state index is 0.0119. The van der Waals surface area contributed by atoms with E-state index >= 15 is 0 Å². The summed E-state index contributed by atoms with van der Waals surface area (Å²) in [6.07, 6.45) is 0. The highest BCUT2D eigenvalue weighted by Gasteiger charge is 2.03. The van der Waals surface area contributed by atoms with Crippen LogP contribution in [0.1, 0.15) is 15.9 Å². The predicted octanol–water partition coefficient (Wildman–Crippen LogP) is 1.55. The largest absolute Gasteiger partial charge is 0.384 e. The van der Waals surface area contributed by atoms with Crippen molar-refractivity contribution in [2.75, 3.05) is 5.33 Å². The molecule has 0 aliphatic rings. The number of hydrogen-bond donors (Lipinski definition) is 2. The van der Waals surface area contributed by atoms with Gasteiger partial charge in [0.25, 0.3) is 0 Å². The third-order valence-electron chi connectivity index (χ3n) is 1.64. The number of hydrogen-bond acceptors (Lipinski definition) is 2. The van der Waals surface area contributed by atoms with Gasteiger partial charge in [0.15, 0.2) is 5.78 Å². The predicted molar refractivity (Wildman–Crippen MR) is 55.6 cm³/mol. The minimum atomic E-state index is 0.0119. The summed E-state index contributed by atoms with van der Waals surface area (Å²) in [5, 5.41) is 7.45. The number of halogens is 1. The third-order valence-corrected chi connectivity index (χ3v) is 2.15.